The van der Waals surface area contributed by atoms with Gasteiger partial charge in [0.15, 0.2) is 10.9 Å². The number of imidazole rings is 1. The van der Waals surface area contributed by atoms with Gasteiger partial charge in [-0.1, -0.05) is 0 Å². The molecule has 1 atom stereocenters. The van der Waals surface area contributed by atoms with Crippen LogP contribution >= 0.6 is 35.3 Å². The SMILES string of the molecule is CN=C(NCCCOC1CCOC1)NCc1cn2ccsc2n1.I. The van der Waals surface area contributed by atoms with Crippen LogP contribution in [-0.2, 0) is 16.0 Å². The first-order chi connectivity index (χ1) is 11.3. The van der Waals surface area contributed by atoms with Gasteiger partial charge < -0.3 is 20.1 Å². The summed E-state index contributed by atoms with van der Waals surface area (Å²) in [6, 6.07) is 0. The quantitative estimate of drug-likeness (QED) is 0.283. The maximum absolute atomic E-state index is 5.74. The van der Waals surface area contributed by atoms with Crippen LogP contribution in [0.4, 0.5) is 0 Å². The molecule has 1 saturated heterocycles. The van der Waals surface area contributed by atoms with Crippen LogP contribution in [-0.4, -0.2) is 54.9 Å². The topological polar surface area (TPSA) is 72.2 Å². The van der Waals surface area contributed by atoms with E-state index in [9.17, 15) is 0 Å². The normalized spacial score (nSPS) is 17.9. The van der Waals surface area contributed by atoms with Gasteiger partial charge in [-0.3, -0.25) is 9.39 Å². The molecule has 1 fully saturated rings. The van der Waals surface area contributed by atoms with Crippen molar-refractivity contribution in [3.8, 4) is 0 Å². The van der Waals surface area contributed by atoms with Gasteiger partial charge in [-0.05, 0) is 12.8 Å². The smallest absolute Gasteiger partial charge is 0.193 e. The molecule has 1 unspecified atom stereocenters. The highest BCUT2D eigenvalue weighted by Gasteiger charge is 2.15. The summed E-state index contributed by atoms with van der Waals surface area (Å²) in [6.45, 7) is 3.79. The van der Waals surface area contributed by atoms with Gasteiger partial charge >= 0.3 is 0 Å². The Morgan fingerprint density at radius 2 is 2.46 bits per heavy atom. The molecule has 0 aliphatic carbocycles. The molecule has 2 N–H and O–H groups in total. The maximum atomic E-state index is 5.74. The van der Waals surface area contributed by atoms with E-state index in [0.29, 0.717) is 6.54 Å². The molecule has 3 rings (SSSR count). The lowest BCUT2D eigenvalue weighted by Crippen LogP contribution is -2.37. The van der Waals surface area contributed by atoms with Crippen LogP contribution in [0.15, 0.2) is 22.8 Å². The van der Waals surface area contributed by atoms with Crippen molar-refractivity contribution in [1.82, 2.24) is 20.0 Å². The molecule has 0 radical (unpaired) electrons. The molecule has 2 aromatic rings. The van der Waals surface area contributed by atoms with E-state index >= 15 is 0 Å². The standard InChI is InChI=1S/C15H23N5O2S.HI/c1-16-14(17-4-2-6-22-13-3-7-21-11-13)18-9-12-10-20-5-8-23-15(20)19-12;/h5,8,10,13H,2-4,6-7,9,11H2,1H3,(H2,16,17,18);1H. The molecule has 2 aromatic heterocycles. The third-order valence-corrected chi connectivity index (χ3v) is 4.43. The first kappa shape index (κ1) is 19.4. The Morgan fingerprint density at radius 3 is 3.21 bits per heavy atom. The number of thiazole rings is 1. The summed E-state index contributed by atoms with van der Waals surface area (Å²) in [6.07, 6.45) is 6.28. The molecule has 0 amide bonds. The van der Waals surface area contributed by atoms with Crippen LogP contribution in [0.2, 0.25) is 0 Å². The van der Waals surface area contributed by atoms with Crippen molar-refractivity contribution >= 4 is 46.2 Å². The van der Waals surface area contributed by atoms with Gasteiger partial charge in [0, 0.05) is 44.6 Å². The van der Waals surface area contributed by atoms with Crippen LogP contribution in [0.1, 0.15) is 18.5 Å². The van der Waals surface area contributed by atoms with Crippen molar-refractivity contribution in [1.29, 1.82) is 0 Å². The summed E-state index contributed by atoms with van der Waals surface area (Å²) in [5, 5.41) is 8.59. The first-order valence-corrected chi connectivity index (χ1v) is 8.78. The molecule has 0 spiro atoms. The van der Waals surface area contributed by atoms with Crippen LogP contribution in [0.3, 0.4) is 0 Å². The second kappa shape index (κ2) is 10.2. The molecule has 3 heterocycles. The molecule has 0 aromatic carbocycles. The second-order valence-electron chi connectivity index (χ2n) is 5.39. The van der Waals surface area contributed by atoms with Crippen molar-refractivity contribution in [2.75, 3.05) is 33.4 Å². The van der Waals surface area contributed by atoms with Gasteiger partial charge in [0.25, 0.3) is 0 Å². The Kier molecular flexibility index (Phi) is 8.22. The zero-order chi connectivity index (χ0) is 15.9. The van der Waals surface area contributed by atoms with E-state index in [4.69, 9.17) is 9.47 Å². The van der Waals surface area contributed by atoms with E-state index in [1.807, 2.05) is 22.2 Å². The largest absolute Gasteiger partial charge is 0.379 e. The molecule has 1 aliphatic rings. The van der Waals surface area contributed by atoms with E-state index in [2.05, 4.69) is 20.6 Å². The third kappa shape index (κ3) is 5.57. The summed E-state index contributed by atoms with van der Waals surface area (Å²) in [5.74, 6) is 0.783. The highest BCUT2D eigenvalue weighted by atomic mass is 127. The molecular weight excluding hydrogens is 441 g/mol. The van der Waals surface area contributed by atoms with Crippen LogP contribution < -0.4 is 10.6 Å². The van der Waals surface area contributed by atoms with Crippen molar-refractivity contribution in [3.63, 3.8) is 0 Å². The van der Waals surface area contributed by atoms with Crippen LogP contribution in [0.25, 0.3) is 4.96 Å². The van der Waals surface area contributed by atoms with Crippen molar-refractivity contribution in [3.05, 3.63) is 23.5 Å². The average molecular weight is 465 g/mol. The molecule has 0 bridgehead atoms. The summed E-state index contributed by atoms with van der Waals surface area (Å²) < 4.78 is 13.0. The number of nitrogens with one attached hydrogen (secondary N) is 2. The second-order valence-corrected chi connectivity index (χ2v) is 6.26. The molecule has 7 nitrogen and oxygen atoms in total. The zero-order valence-electron chi connectivity index (χ0n) is 13.7. The molecule has 24 heavy (non-hydrogen) atoms. The Balaban J connectivity index is 0.00000208. The summed E-state index contributed by atoms with van der Waals surface area (Å²) >= 11 is 1.63. The minimum atomic E-state index is 0. The lowest BCUT2D eigenvalue weighted by Gasteiger charge is -2.12. The summed E-state index contributed by atoms with van der Waals surface area (Å²) in [7, 11) is 1.77. The highest BCUT2D eigenvalue weighted by molar-refractivity contribution is 14.0. The van der Waals surface area contributed by atoms with Gasteiger partial charge in [-0.2, -0.15) is 0 Å². The fourth-order valence-electron chi connectivity index (χ4n) is 2.43. The van der Waals surface area contributed by atoms with Crippen molar-refractivity contribution in [2.24, 2.45) is 4.99 Å². The number of hydrogen-bond acceptors (Lipinski definition) is 5. The number of nitrogens with zero attached hydrogens (tertiary/aromatic N) is 3. The first-order valence-electron chi connectivity index (χ1n) is 7.90. The molecule has 134 valence electrons. The van der Waals surface area contributed by atoms with E-state index in [-0.39, 0.29) is 30.1 Å². The molecule has 9 heteroatoms. The molecule has 0 saturated carbocycles. The van der Waals surface area contributed by atoms with Crippen LogP contribution in [0.5, 0.6) is 0 Å². The Hall–Kier alpha value is -0.910. The Labute approximate surface area is 162 Å². The maximum Gasteiger partial charge on any atom is 0.193 e. The molecule has 1 aliphatic heterocycles. The van der Waals surface area contributed by atoms with Gasteiger partial charge in [0.1, 0.15) is 0 Å². The van der Waals surface area contributed by atoms with Crippen molar-refractivity contribution < 1.29 is 9.47 Å². The van der Waals surface area contributed by atoms with Gasteiger partial charge in [-0.15, -0.1) is 35.3 Å². The average Bonchev–Trinajstić information content (AvgIpc) is 3.26. The monoisotopic (exact) mass is 465 g/mol. The Morgan fingerprint density at radius 1 is 1.54 bits per heavy atom. The highest BCUT2D eigenvalue weighted by Crippen LogP contribution is 2.11. The third-order valence-electron chi connectivity index (χ3n) is 3.66. The van der Waals surface area contributed by atoms with Gasteiger partial charge in [0.05, 0.1) is 24.9 Å². The number of ether oxygens (including phenoxy) is 2. The van der Waals surface area contributed by atoms with Gasteiger partial charge in [0.2, 0.25) is 0 Å². The van der Waals surface area contributed by atoms with Crippen LogP contribution in [0, 0.1) is 0 Å². The Bertz CT molecular complexity index is 610. The lowest BCUT2D eigenvalue weighted by atomic mass is 10.3. The summed E-state index contributed by atoms with van der Waals surface area (Å²) in [5.41, 5.74) is 1.00. The predicted octanol–water partition coefficient (Wildman–Crippen LogP) is 1.87. The molecular formula is C15H24IN5O2S. The summed E-state index contributed by atoms with van der Waals surface area (Å²) in [4.78, 5) is 9.77. The predicted molar refractivity (Wildman–Crippen MR) is 106 cm³/mol. The lowest BCUT2D eigenvalue weighted by molar-refractivity contribution is 0.0420. The number of halogens is 1. The number of guanidine groups is 1. The fourth-order valence-corrected chi connectivity index (χ4v) is 3.15. The van der Waals surface area contributed by atoms with E-state index < -0.39 is 0 Å². The number of fused-ring (bicyclic) bond motifs is 1. The number of aromatic nitrogens is 2. The minimum absolute atomic E-state index is 0. The minimum Gasteiger partial charge on any atom is -0.379 e. The van der Waals surface area contributed by atoms with E-state index in [1.165, 1.54) is 0 Å². The van der Waals surface area contributed by atoms with Gasteiger partial charge in [-0.25, -0.2) is 4.98 Å². The number of aliphatic imine (C=N–C) groups is 1. The zero-order valence-corrected chi connectivity index (χ0v) is 16.9. The number of rotatable bonds is 7. The van der Waals surface area contributed by atoms with Crippen molar-refractivity contribution in [2.45, 2.75) is 25.5 Å². The van der Waals surface area contributed by atoms with E-state index in [0.717, 1.165) is 55.8 Å². The van der Waals surface area contributed by atoms with E-state index in [1.54, 1.807) is 18.4 Å². The fraction of sp³-hybridized carbons (Fsp3) is 0.600. The number of hydrogen-bond donors (Lipinski definition) is 2.